The molecule has 12 aromatic carbocycles. The normalized spacial score (nSPS) is 13.2. The molecule has 75 heavy (non-hydrogen) atoms. The molecule has 1 spiro atoms. The lowest BCUT2D eigenvalue weighted by Gasteiger charge is -2.30. The molecule has 0 fully saturated rings. The van der Waals surface area contributed by atoms with Crippen LogP contribution in [0.5, 0.6) is 0 Å². The highest BCUT2D eigenvalue weighted by Gasteiger charge is 2.51. The molecule has 2 nitrogen and oxygen atoms in total. The lowest BCUT2D eigenvalue weighted by molar-refractivity contribution is 0.794. The zero-order valence-electron chi connectivity index (χ0n) is 40.3. The van der Waals surface area contributed by atoms with Crippen LogP contribution in [-0.2, 0) is 5.41 Å². The predicted octanol–water partition coefficient (Wildman–Crippen LogP) is 19.7. The molecule has 2 aliphatic rings. The van der Waals surface area contributed by atoms with Gasteiger partial charge in [0, 0.05) is 62.2 Å². The number of nitrogens with zero attached hydrogens (tertiary/aromatic N) is 2. The minimum Gasteiger partial charge on any atom is -0.243 e. The van der Waals surface area contributed by atoms with Gasteiger partial charge in [0.15, 0.2) is 0 Å². The average Bonchev–Trinajstić information content (AvgIpc) is 4.38. The maximum Gasteiger partial charge on any atom is 0.0979 e. The highest BCUT2D eigenvalue weighted by molar-refractivity contribution is 7.26. The van der Waals surface area contributed by atoms with E-state index in [0.29, 0.717) is 0 Å². The summed E-state index contributed by atoms with van der Waals surface area (Å²) >= 11 is 3.75. The van der Waals surface area contributed by atoms with Crippen molar-refractivity contribution in [1.82, 2.24) is 9.97 Å². The fraction of sp³-hybridized carbons (Fsp3) is 0.0141. The summed E-state index contributed by atoms with van der Waals surface area (Å²) in [6.07, 6.45) is 0. The van der Waals surface area contributed by atoms with Crippen LogP contribution >= 0.6 is 22.7 Å². The van der Waals surface area contributed by atoms with E-state index in [-0.39, 0.29) is 0 Å². The minimum atomic E-state index is -0.512. The maximum atomic E-state index is 6.00. The molecule has 0 unspecified atom stereocenters. The molecule has 2 aliphatic carbocycles. The number of thiophene rings is 2. The molecule has 15 aromatic rings. The molecule has 17 rings (SSSR count). The van der Waals surface area contributed by atoms with Crippen molar-refractivity contribution < 1.29 is 0 Å². The second kappa shape index (κ2) is 15.5. The van der Waals surface area contributed by atoms with Crippen molar-refractivity contribution >= 4 is 95.6 Å². The van der Waals surface area contributed by atoms with Gasteiger partial charge in [0.2, 0.25) is 0 Å². The lowest BCUT2D eigenvalue weighted by Crippen LogP contribution is -2.25. The van der Waals surface area contributed by atoms with E-state index in [2.05, 4.69) is 243 Å². The third-order valence-electron chi connectivity index (χ3n) is 16.5. The van der Waals surface area contributed by atoms with Crippen LogP contribution in [0.2, 0.25) is 0 Å². The molecule has 3 aromatic heterocycles. The first-order chi connectivity index (χ1) is 37.2. The quantitative estimate of drug-likeness (QED) is 0.164. The minimum absolute atomic E-state index is 0.512. The summed E-state index contributed by atoms with van der Waals surface area (Å²) in [6.45, 7) is 0. The van der Waals surface area contributed by atoms with Crippen LogP contribution in [0.1, 0.15) is 22.3 Å². The summed E-state index contributed by atoms with van der Waals surface area (Å²) in [6, 6.07) is 90.2. The Kier molecular flexibility index (Phi) is 8.55. The molecule has 0 radical (unpaired) electrons. The van der Waals surface area contributed by atoms with E-state index in [1.165, 1.54) is 107 Å². The number of rotatable bonds is 4. The van der Waals surface area contributed by atoms with E-state index in [0.717, 1.165) is 55.4 Å². The van der Waals surface area contributed by atoms with Gasteiger partial charge in [-0.25, -0.2) is 9.97 Å². The zero-order chi connectivity index (χ0) is 48.9. The van der Waals surface area contributed by atoms with E-state index in [9.17, 15) is 0 Å². The van der Waals surface area contributed by atoms with E-state index in [1.54, 1.807) is 0 Å². The van der Waals surface area contributed by atoms with Gasteiger partial charge >= 0.3 is 0 Å². The maximum absolute atomic E-state index is 6.00. The summed E-state index contributed by atoms with van der Waals surface area (Å²) < 4.78 is 5.14. The van der Waals surface area contributed by atoms with Crippen molar-refractivity contribution in [2.45, 2.75) is 5.41 Å². The molecule has 346 valence electrons. The molecule has 0 atom stereocenters. The summed E-state index contributed by atoms with van der Waals surface area (Å²) in [5.74, 6) is 0. The molecule has 0 saturated heterocycles. The summed E-state index contributed by atoms with van der Waals surface area (Å²) in [4.78, 5) is 12.0. The van der Waals surface area contributed by atoms with E-state index in [4.69, 9.17) is 9.97 Å². The SMILES string of the molecule is c1ccc2c(c1)-c1ccccc1C21c2ccccc2-c2ccc(-c3nc4c5ccccc5c5ccccc5c4nc3-c3cc(-c4cccc5c4sc4ccccc45)cc(-c4cccc5c4sc4ccccc45)c3)cc21. The second-order valence-corrected chi connectivity index (χ2v) is 22.3. The fourth-order valence-corrected chi connectivity index (χ4v) is 15.8. The van der Waals surface area contributed by atoms with E-state index < -0.39 is 5.41 Å². The van der Waals surface area contributed by atoms with Crippen LogP contribution in [-0.4, -0.2) is 9.97 Å². The van der Waals surface area contributed by atoms with Crippen LogP contribution in [0.25, 0.3) is 140 Å². The third-order valence-corrected chi connectivity index (χ3v) is 18.9. The number of fused-ring (bicyclic) bond motifs is 22. The highest BCUT2D eigenvalue weighted by Crippen LogP contribution is 2.63. The summed E-state index contributed by atoms with van der Waals surface area (Å²) in [5, 5.41) is 9.67. The molecule has 3 heterocycles. The molecule has 4 heteroatoms. The van der Waals surface area contributed by atoms with Gasteiger partial charge in [0.05, 0.1) is 27.8 Å². The van der Waals surface area contributed by atoms with Gasteiger partial charge in [-0.1, -0.05) is 206 Å². The molecule has 0 aliphatic heterocycles. The van der Waals surface area contributed by atoms with Crippen LogP contribution in [0, 0.1) is 0 Å². The topological polar surface area (TPSA) is 25.8 Å². The monoisotopic (exact) mass is 984 g/mol. The molecular weight excluding hydrogens is 945 g/mol. The molecule has 0 bridgehead atoms. The molecule has 0 amide bonds. The Morgan fingerprint density at radius 1 is 0.253 bits per heavy atom. The average molecular weight is 985 g/mol. The van der Waals surface area contributed by atoms with Crippen molar-refractivity contribution in [3.8, 4) is 67.0 Å². The van der Waals surface area contributed by atoms with Gasteiger partial charge < -0.3 is 0 Å². The Labute approximate surface area is 440 Å². The largest absolute Gasteiger partial charge is 0.243 e. The molecule has 0 N–H and O–H groups in total. The Balaban J connectivity index is 0.998. The summed E-state index contributed by atoms with van der Waals surface area (Å²) in [7, 11) is 0. The Morgan fingerprint density at radius 3 is 1.13 bits per heavy atom. The molecular formula is C71H40N2S2. The van der Waals surface area contributed by atoms with Crippen LogP contribution < -0.4 is 0 Å². The van der Waals surface area contributed by atoms with Gasteiger partial charge in [-0.3, -0.25) is 0 Å². The van der Waals surface area contributed by atoms with Gasteiger partial charge in [0.1, 0.15) is 0 Å². The van der Waals surface area contributed by atoms with Crippen LogP contribution in [0.4, 0.5) is 0 Å². The van der Waals surface area contributed by atoms with E-state index >= 15 is 0 Å². The van der Waals surface area contributed by atoms with Gasteiger partial charge in [-0.2, -0.15) is 0 Å². The van der Waals surface area contributed by atoms with Gasteiger partial charge in [-0.15, -0.1) is 22.7 Å². The Morgan fingerprint density at radius 2 is 0.627 bits per heavy atom. The van der Waals surface area contributed by atoms with Crippen molar-refractivity contribution in [3.05, 3.63) is 265 Å². The first kappa shape index (κ1) is 41.4. The zero-order valence-corrected chi connectivity index (χ0v) is 41.9. The number of aromatic nitrogens is 2. The smallest absolute Gasteiger partial charge is 0.0979 e. The van der Waals surface area contributed by atoms with Crippen molar-refractivity contribution in [1.29, 1.82) is 0 Å². The Bertz CT molecular complexity index is 4780. The Hall–Kier alpha value is -9.06. The number of hydrogen-bond donors (Lipinski definition) is 0. The van der Waals surface area contributed by atoms with Crippen LogP contribution in [0.15, 0.2) is 243 Å². The standard InChI is InChI=1S/C71H40N2S2/c1-3-24-55-47(17-1)48-18-2-4-25-56(48)68-67(55)72-65(41-35-36-52-51-21-7-12-32-61(51)71(62(52)40-41)59-30-10-5-19-49(59)50-20-6-11-31-60(50)71)66(73-68)44-38-42(45-26-15-28-57-53-22-8-13-33-63(53)74-69(45)57)37-43(39-44)46-27-16-29-58-54-23-9-14-34-64(54)75-70(46)58/h1-40H. The van der Waals surface area contributed by atoms with Crippen molar-refractivity contribution in [3.63, 3.8) is 0 Å². The molecule has 0 saturated carbocycles. The van der Waals surface area contributed by atoms with E-state index in [1.807, 2.05) is 22.7 Å². The number of hydrogen-bond acceptors (Lipinski definition) is 4. The fourth-order valence-electron chi connectivity index (χ4n) is 13.3. The van der Waals surface area contributed by atoms with Crippen molar-refractivity contribution in [2.75, 3.05) is 0 Å². The third kappa shape index (κ3) is 5.67. The second-order valence-electron chi connectivity index (χ2n) is 20.2. The predicted molar refractivity (Wildman–Crippen MR) is 318 cm³/mol. The van der Waals surface area contributed by atoms with Gasteiger partial charge in [-0.05, 0) is 114 Å². The van der Waals surface area contributed by atoms with Gasteiger partial charge in [0.25, 0.3) is 0 Å². The lowest BCUT2D eigenvalue weighted by atomic mass is 9.70. The first-order valence-corrected chi connectivity index (χ1v) is 27.3. The van der Waals surface area contributed by atoms with Crippen molar-refractivity contribution in [2.24, 2.45) is 0 Å². The number of benzene rings is 12. The first-order valence-electron chi connectivity index (χ1n) is 25.7. The summed E-state index contributed by atoms with van der Waals surface area (Å²) in [5.41, 5.74) is 20.1. The highest BCUT2D eigenvalue weighted by atomic mass is 32.1. The van der Waals surface area contributed by atoms with Crippen LogP contribution in [0.3, 0.4) is 0 Å².